The molecule has 8 nitrogen and oxygen atoms in total. The average Bonchev–Trinajstić information content (AvgIpc) is 2.89. The van der Waals surface area contributed by atoms with E-state index < -0.39 is 20.7 Å². The fourth-order valence-corrected chi connectivity index (χ4v) is 2.77. The van der Waals surface area contributed by atoms with Crippen LogP contribution in [0.25, 0.3) is 0 Å². The number of hydrogen-bond donors (Lipinski definition) is 2. The molecule has 0 fully saturated rings. The summed E-state index contributed by atoms with van der Waals surface area (Å²) in [4.78, 5) is 16.8. The first-order valence-electron chi connectivity index (χ1n) is 5.65. The standard InChI is InChI=1S/C11H12N4O4S/c16-15(17)11-4-2-1-3-9(11)7-20(18,19)14-6-10-5-12-8-13-10/h1-5,8,14H,6-7H2,(H,12,13). The van der Waals surface area contributed by atoms with Gasteiger partial charge in [0.1, 0.15) is 0 Å². The molecule has 0 aliphatic carbocycles. The van der Waals surface area contributed by atoms with Gasteiger partial charge in [-0.3, -0.25) is 10.1 Å². The van der Waals surface area contributed by atoms with Gasteiger partial charge >= 0.3 is 0 Å². The molecular weight excluding hydrogens is 284 g/mol. The molecule has 0 saturated carbocycles. The number of nitrogens with zero attached hydrogens (tertiary/aromatic N) is 2. The van der Waals surface area contributed by atoms with Crippen molar-refractivity contribution in [2.75, 3.05) is 0 Å². The molecule has 0 aliphatic rings. The van der Waals surface area contributed by atoms with Gasteiger partial charge in [0.05, 0.1) is 23.5 Å². The molecule has 0 atom stereocenters. The van der Waals surface area contributed by atoms with E-state index in [9.17, 15) is 18.5 Å². The third kappa shape index (κ3) is 3.62. The SMILES string of the molecule is O=[N+]([O-])c1ccccc1CS(=O)(=O)NCc1cnc[nH]1. The van der Waals surface area contributed by atoms with Gasteiger partial charge < -0.3 is 4.98 Å². The van der Waals surface area contributed by atoms with Crippen LogP contribution < -0.4 is 4.72 Å². The van der Waals surface area contributed by atoms with Crippen molar-refractivity contribution in [2.24, 2.45) is 0 Å². The number of hydrogen-bond acceptors (Lipinski definition) is 5. The van der Waals surface area contributed by atoms with Crippen LogP contribution in [0, 0.1) is 10.1 Å². The van der Waals surface area contributed by atoms with Gasteiger partial charge in [0.2, 0.25) is 10.0 Å². The summed E-state index contributed by atoms with van der Waals surface area (Å²) in [5, 5.41) is 10.8. The minimum absolute atomic E-state index is 0.0585. The van der Waals surface area contributed by atoms with Gasteiger partial charge in [-0.25, -0.2) is 18.1 Å². The number of aromatic amines is 1. The van der Waals surface area contributed by atoms with Crippen LogP contribution in [-0.4, -0.2) is 23.3 Å². The van der Waals surface area contributed by atoms with Crippen LogP contribution in [0.1, 0.15) is 11.3 Å². The van der Waals surface area contributed by atoms with E-state index in [1.807, 2.05) is 0 Å². The lowest BCUT2D eigenvalue weighted by Gasteiger charge is -2.06. The fraction of sp³-hybridized carbons (Fsp3) is 0.182. The zero-order valence-electron chi connectivity index (χ0n) is 10.3. The number of H-pyrrole nitrogens is 1. The lowest BCUT2D eigenvalue weighted by molar-refractivity contribution is -0.385. The van der Waals surface area contributed by atoms with E-state index in [1.165, 1.54) is 30.7 Å². The number of sulfonamides is 1. The number of nitrogens with one attached hydrogen (secondary N) is 2. The average molecular weight is 296 g/mol. The summed E-state index contributed by atoms with van der Waals surface area (Å²) in [6, 6.07) is 5.76. The predicted molar refractivity (Wildman–Crippen MR) is 71.1 cm³/mol. The Kier molecular flexibility index (Phi) is 4.11. The van der Waals surface area contributed by atoms with Crippen LogP contribution in [-0.2, 0) is 22.3 Å². The maximum atomic E-state index is 11.9. The molecule has 1 aromatic carbocycles. The van der Waals surface area contributed by atoms with Crippen molar-refractivity contribution >= 4 is 15.7 Å². The summed E-state index contributed by atoms with van der Waals surface area (Å²) in [7, 11) is -3.67. The van der Waals surface area contributed by atoms with Gasteiger partial charge in [-0.05, 0) is 0 Å². The zero-order valence-corrected chi connectivity index (χ0v) is 11.1. The van der Waals surface area contributed by atoms with Crippen molar-refractivity contribution in [2.45, 2.75) is 12.3 Å². The quantitative estimate of drug-likeness (QED) is 0.607. The van der Waals surface area contributed by atoms with Gasteiger partial charge in [0, 0.05) is 23.5 Å². The molecule has 0 saturated heterocycles. The van der Waals surface area contributed by atoms with Gasteiger partial charge in [-0.2, -0.15) is 0 Å². The molecule has 9 heteroatoms. The summed E-state index contributed by atoms with van der Waals surface area (Å²) >= 11 is 0. The Morgan fingerprint density at radius 3 is 2.75 bits per heavy atom. The molecule has 2 N–H and O–H groups in total. The van der Waals surface area contributed by atoms with Crippen LogP contribution >= 0.6 is 0 Å². The van der Waals surface area contributed by atoms with E-state index in [1.54, 1.807) is 6.07 Å². The van der Waals surface area contributed by atoms with E-state index in [0.717, 1.165) is 0 Å². The Morgan fingerprint density at radius 1 is 1.35 bits per heavy atom. The first kappa shape index (κ1) is 14.2. The topological polar surface area (TPSA) is 118 Å². The van der Waals surface area contributed by atoms with Crippen LogP contribution in [0.5, 0.6) is 0 Å². The van der Waals surface area contributed by atoms with Crippen molar-refractivity contribution in [1.82, 2.24) is 14.7 Å². The molecule has 2 rings (SSSR count). The zero-order chi connectivity index (χ0) is 14.6. The molecule has 20 heavy (non-hydrogen) atoms. The number of imidazole rings is 1. The Hall–Kier alpha value is -2.26. The second-order valence-corrected chi connectivity index (χ2v) is 5.85. The van der Waals surface area contributed by atoms with Gasteiger partial charge in [-0.1, -0.05) is 18.2 Å². The van der Waals surface area contributed by atoms with Crippen molar-refractivity contribution in [3.05, 3.63) is 58.2 Å². The van der Waals surface area contributed by atoms with Crippen LogP contribution in [0.4, 0.5) is 5.69 Å². The van der Waals surface area contributed by atoms with Crippen molar-refractivity contribution in [3.63, 3.8) is 0 Å². The van der Waals surface area contributed by atoms with E-state index in [2.05, 4.69) is 14.7 Å². The first-order chi connectivity index (χ1) is 9.48. The third-order valence-corrected chi connectivity index (χ3v) is 3.85. The fourth-order valence-electron chi connectivity index (χ4n) is 1.64. The molecule has 0 radical (unpaired) electrons. The highest BCUT2D eigenvalue weighted by atomic mass is 32.2. The Balaban J connectivity index is 2.10. The minimum atomic E-state index is -3.67. The molecule has 106 valence electrons. The number of rotatable bonds is 6. The molecule has 0 amide bonds. The number of aromatic nitrogens is 2. The number of benzene rings is 1. The smallest absolute Gasteiger partial charge is 0.273 e. The highest BCUT2D eigenvalue weighted by Gasteiger charge is 2.19. The highest BCUT2D eigenvalue weighted by molar-refractivity contribution is 7.88. The summed E-state index contributed by atoms with van der Waals surface area (Å²) in [5.41, 5.74) is 0.546. The monoisotopic (exact) mass is 296 g/mol. The largest absolute Gasteiger partial charge is 0.347 e. The second-order valence-electron chi connectivity index (χ2n) is 4.04. The minimum Gasteiger partial charge on any atom is -0.347 e. The van der Waals surface area contributed by atoms with E-state index in [0.29, 0.717) is 5.69 Å². The molecule has 0 bridgehead atoms. The summed E-state index contributed by atoms with van der Waals surface area (Å²) < 4.78 is 26.2. The molecular formula is C11H12N4O4S. The van der Waals surface area contributed by atoms with Crippen molar-refractivity contribution < 1.29 is 13.3 Å². The Labute approximate surface area is 115 Å². The lowest BCUT2D eigenvalue weighted by atomic mass is 10.2. The lowest BCUT2D eigenvalue weighted by Crippen LogP contribution is -2.25. The predicted octanol–water partition coefficient (Wildman–Crippen LogP) is 0.938. The molecule has 2 aromatic rings. The van der Waals surface area contributed by atoms with Gasteiger partial charge in [-0.15, -0.1) is 0 Å². The van der Waals surface area contributed by atoms with Crippen molar-refractivity contribution in [3.8, 4) is 0 Å². The molecule has 0 spiro atoms. The third-order valence-electron chi connectivity index (χ3n) is 2.57. The summed E-state index contributed by atoms with van der Waals surface area (Å²) in [5.74, 6) is -0.446. The van der Waals surface area contributed by atoms with Gasteiger partial charge in [0.15, 0.2) is 0 Å². The van der Waals surface area contributed by atoms with E-state index in [4.69, 9.17) is 0 Å². The maximum absolute atomic E-state index is 11.9. The number of nitro benzene ring substituents is 1. The number of para-hydroxylation sites is 1. The van der Waals surface area contributed by atoms with Crippen LogP contribution in [0.3, 0.4) is 0 Å². The van der Waals surface area contributed by atoms with Crippen molar-refractivity contribution in [1.29, 1.82) is 0 Å². The summed E-state index contributed by atoms with van der Waals surface area (Å²) in [6.07, 6.45) is 2.93. The normalized spacial score (nSPS) is 11.4. The van der Waals surface area contributed by atoms with Crippen LogP contribution in [0.15, 0.2) is 36.8 Å². The van der Waals surface area contributed by atoms with E-state index >= 15 is 0 Å². The van der Waals surface area contributed by atoms with Gasteiger partial charge in [0.25, 0.3) is 5.69 Å². The number of nitro groups is 1. The molecule has 0 unspecified atom stereocenters. The Morgan fingerprint density at radius 2 is 2.10 bits per heavy atom. The molecule has 0 aliphatic heterocycles. The van der Waals surface area contributed by atoms with E-state index in [-0.39, 0.29) is 17.8 Å². The first-order valence-corrected chi connectivity index (χ1v) is 7.30. The highest BCUT2D eigenvalue weighted by Crippen LogP contribution is 2.19. The molecule has 1 aromatic heterocycles. The second kappa shape index (κ2) is 5.80. The molecule has 1 heterocycles. The maximum Gasteiger partial charge on any atom is 0.273 e. The summed E-state index contributed by atoms with van der Waals surface area (Å²) in [6.45, 7) is 0.0585. The Bertz CT molecular complexity index is 697. The van der Waals surface area contributed by atoms with Crippen LogP contribution in [0.2, 0.25) is 0 Å².